The standard InChI is InChI=1S/C9H17NO3S.ClH/c10-8-1-6-14(11,12)9(7-8)2-4-13-5-3-9;/h8H,1-7,10H2;1H. The fourth-order valence-electron chi connectivity index (χ4n) is 2.49. The highest BCUT2D eigenvalue weighted by Gasteiger charge is 2.48. The first-order valence-corrected chi connectivity index (χ1v) is 6.77. The second-order valence-electron chi connectivity index (χ2n) is 4.37. The summed E-state index contributed by atoms with van der Waals surface area (Å²) in [7, 11) is -2.94. The van der Waals surface area contributed by atoms with E-state index in [9.17, 15) is 8.42 Å². The zero-order valence-electron chi connectivity index (χ0n) is 8.65. The van der Waals surface area contributed by atoms with E-state index in [2.05, 4.69) is 0 Å². The molecule has 90 valence electrons. The minimum absolute atomic E-state index is 0. The maximum absolute atomic E-state index is 12.0. The Morgan fingerprint density at radius 2 is 1.87 bits per heavy atom. The average Bonchev–Trinajstić information content (AvgIpc) is 2.14. The van der Waals surface area contributed by atoms with E-state index in [0.29, 0.717) is 38.9 Å². The summed E-state index contributed by atoms with van der Waals surface area (Å²) >= 11 is 0. The van der Waals surface area contributed by atoms with Gasteiger partial charge in [-0.1, -0.05) is 0 Å². The Morgan fingerprint density at radius 3 is 2.47 bits per heavy atom. The van der Waals surface area contributed by atoms with Gasteiger partial charge >= 0.3 is 0 Å². The van der Waals surface area contributed by atoms with E-state index in [1.807, 2.05) is 0 Å². The van der Waals surface area contributed by atoms with Crippen molar-refractivity contribution < 1.29 is 13.2 Å². The van der Waals surface area contributed by atoms with Gasteiger partial charge in [-0.25, -0.2) is 8.42 Å². The van der Waals surface area contributed by atoms with Gasteiger partial charge in [0.2, 0.25) is 0 Å². The van der Waals surface area contributed by atoms with Crippen LogP contribution in [0.1, 0.15) is 25.7 Å². The smallest absolute Gasteiger partial charge is 0.156 e. The first-order valence-electron chi connectivity index (χ1n) is 5.11. The Kier molecular flexibility index (Phi) is 4.03. The van der Waals surface area contributed by atoms with Crippen LogP contribution in [0.25, 0.3) is 0 Å². The molecule has 1 spiro atoms. The van der Waals surface area contributed by atoms with Crippen LogP contribution in [0.15, 0.2) is 0 Å². The van der Waals surface area contributed by atoms with Crippen LogP contribution in [0.3, 0.4) is 0 Å². The van der Waals surface area contributed by atoms with Crippen LogP contribution in [0, 0.1) is 0 Å². The molecule has 15 heavy (non-hydrogen) atoms. The zero-order valence-corrected chi connectivity index (χ0v) is 10.3. The lowest BCUT2D eigenvalue weighted by molar-refractivity contribution is 0.0689. The fourth-order valence-corrected chi connectivity index (χ4v) is 4.79. The topological polar surface area (TPSA) is 69.4 Å². The number of halogens is 1. The highest BCUT2D eigenvalue weighted by atomic mass is 35.5. The number of ether oxygens (including phenoxy) is 1. The van der Waals surface area contributed by atoms with Crippen LogP contribution >= 0.6 is 12.4 Å². The lowest BCUT2D eigenvalue weighted by Gasteiger charge is -2.41. The normalized spacial score (nSPS) is 33.3. The summed E-state index contributed by atoms with van der Waals surface area (Å²) in [6.07, 6.45) is 2.50. The molecule has 4 nitrogen and oxygen atoms in total. The molecule has 6 heteroatoms. The Labute approximate surface area is 96.9 Å². The first kappa shape index (κ1) is 13.2. The molecule has 0 aliphatic carbocycles. The third-order valence-corrected chi connectivity index (χ3v) is 6.12. The Bertz CT molecular complexity index is 311. The molecule has 2 saturated heterocycles. The molecular formula is C9H18ClNO3S. The van der Waals surface area contributed by atoms with Crippen molar-refractivity contribution in [2.75, 3.05) is 19.0 Å². The van der Waals surface area contributed by atoms with Crippen molar-refractivity contribution in [1.82, 2.24) is 0 Å². The molecule has 2 fully saturated rings. The van der Waals surface area contributed by atoms with E-state index < -0.39 is 14.6 Å². The summed E-state index contributed by atoms with van der Waals surface area (Å²) in [4.78, 5) is 0. The molecule has 0 amide bonds. The molecule has 0 aromatic rings. The van der Waals surface area contributed by atoms with E-state index in [1.165, 1.54) is 0 Å². The highest BCUT2D eigenvalue weighted by Crippen LogP contribution is 2.38. The zero-order chi connectivity index (χ0) is 10.2. The van der Waals surface area contributed by atoms with Crippen LogP contribution in [0.4, 0.5) is 0 Å². The molecule has 1 atom stereocenters. The monoisotopic (exact) mass is 255 g/mol. The number of hydrogen-bond acceptors (Lipinski definition) is 4. The first-order chi connectivity index (χ1) is 6.56. The molecule has 2 rings (SSSR count). The molecule has 0 aromatic heterocycles. The molecule has 0 saturated carbocycles. The molecule has 0 radical (unpaired) electrons. The van der Waals surface area contributed by atoms with E-state index in [1.54, 1.807) is 0 Å². The van der Waals surface area contributed by atoms with Crippen LogP contribution in [-0.4, -0.2) is 38.2 Å². The van der Waals surface area contributed by atoms with Crippen molar-refractivity contribution in [2.24, 2.45) is 5.73 Å². The predicted octanol–water partition coefficient (Wildman–Crippen LogP) is 0.493. The summed E-state index contributed by atoms with van der Waals surface area (Å²) in [5.74, 6) is 0.258. The Balaban J connectivity index is 0.00000112. The Morgan fingerprint density at radius 1 is 1.27 bits per heavy atom. The van der Waals surface area contributed by atoms with E-state index in [0.717, 1.165) is 0 Å². The predicted molar refractivity (Wildman–Crippen MR) is 61.0 cm³/mol. The highest BCUT2D eigenvalue weighted by molar-refractivity contribution is 7.92. The molecule has 2 aliphatic rings. The van der Waals surface area contributed by atoms with Gasteiger partial charge in [-0.05, 0) is 25.7 Å². The summed E-state index contributed by atoms with van der Waals surface area (Å²) in [6, 6.07) is 0.0524. The molecular weight excluding hydrogens is 238 g/mol. The lowest BCUT2D eigenvalue weighted by Crippen LogP contribution is -2.52. The van der Waals surface area contributed by atoms with Crippen molar-refractivity contribution in [3.8, 4) is 0 Å². The van der Waals surface area contributed by atoms with E-state index in [4.69, 9.17) is 10.5 Å². The maximum Gasteiger partial charge on any atom is 0.156 e. The average molecular weight is 256 g/mol. The SMILES string of the molecule is Cl.NC1CCS(=O)(=O)C2(CCOCC2)C1. The third-order valence-electron chi connectivity index (χ3n) is 3.46. The second kappa shape index (κ2) is 4.57. The van der Waals surface area contributed by atoms with Crippen molar-refractivity contribution in [1.29, 1.82) is 0 Å². The summed E-state index contributed by atoms with van der Waals surface area (Å²) in [5, 5.41) is 0. The molecule has 0 aromatic carbocycles. The third kappa shape index (κ3) is 2.30. The number of hydrogen-bond donors (Lipinski definition) is 1. The van der Waals surface area contributed by atoms with Crippen molar-refractivity contribution in [3.05, 3.63) is 0 Å². The maximum atomic E-state index is 12.0. The molecule has 1 unspecified atom stereocenters. The Hall–Kier alpha value is 0.160. The lowest BCUT2D eigenvalue weighted by atomic mass is 9.90. The van der Waals surface area contributed by atoms with Gasteiger partial charge < -0.3 is 10.5 Å². The quantitative estimate of drug-likeness (QED) is 0.684. The number of sulfone groups is 1. The van der Waals surface area contributed by atoms with Crippen molar-refractivity contribution in [2.45, 2.75) is 36.5 Å². The van der Waals surface area contributed by atoms with Crippen LogP contribution in [0.5, 0.6) is 0 Å². The van der Waals surface area contributed by atoms with Gasteiger partial charge in [-0.3, -0.25) is 0 Å². The number of rotatable bonds is 0. The summed E-state index contributed by atoms with van der Waals surface area (Å²) in [6.45, 7) is 1.12. The summed E-state index contributed by atoms with van der Waals surface area (Å²) in [5.41, 5.74) is 5.86. The number of nitrogens with two attached hydrogens (primary N) is 1. The molecule has 0 bridgehead atoms. The van der Waals surface area contributed by atoms with Gasteiger partial charge in [0.05, 0.1) is 10.5 Å². The van der Waals surface area contributed by atoms with Gasteiger partial charge in [-0.2, -0.15) is 0 Å². The largest absolute Gasteiger partial charge is 0.381 e. The van der Waals surface area contributed by atoms with E-state index >= 15 is 0 Å². The minimum atomic E-state index is -2.94. The molecule has 2 aliphatic heterocycles. The summed E-state index contributed by atoms with van der Waals surface area (Å²) < 4.78 is 28.7. The van der Waals surface area contributed by atoms with Gasteiger partial charge in [0, 0.05) is 19.3 Å². The molecule has 2 N–H and O–H groups in total. The van der Waals surface area contributed by atoms with Crippen LogP contribution in [0.2, 0.25) is 0 Å². The van der Waals surface area contributed by atoms with E-state index in [-0.39, 0.29) is 24.2 Å². The van der Waals surface area contributed by atoms with Gasteiger partial charge in [0.15, 0.2) is 9.84 Å². The van der Waals surface area contributed by atoms with Gasteiger partial charge in [0.25, 0.3) is 0 Å². The van der Waals surface area contributed by atoms with Crippen molar-refractivity contribution in [3.63, 3.8) is 0 Å². The van der Waals surface area contributed by atoms with Crippen LogP contribution < -0.4 is 5.73 Å². The second-order valence-corrected chi connectivity index (χ2v) is 6.87. The minimum Gasteiger partial charge on any atom is -0.381 e. The van der Waals surface area contributed by atoms with Crippen LogP contribution in [-0.2, 0) is 14.6 Å². The fraction of sp³-hybridized carbons (Fsp3) is 1.00. The van der Waals surface area contributed by atoms with Gasteiger partial charge in [0.1, 0.15) is 0 Å². The van der Waals surface area contributed by atoms with Gasteiger partial charge in [-0.15, -0.1) is 12.4 Å². The molecule has 2 heterocycles. The van der Waals surface area contributed by atoms with Crippen molar-refractivity contribution >= 4 is 22.2 Å².